The van der Waals surface area contributed by atoms with Crippen molar-refractivity contribution in [2.45, 2.75) is 52.0 Å². The van der Waals surface area contributed by atoms with Crippen LogP contribution in [0, 0.1) is 0 Å². The SMILES string of the molecule is CCCCC(CC)NCCCSC. The van der Waals surface area contributed by atoms with Crippen LogP contribution in [0.15, 0.2) is 0 Å². The van der Waals surface area contributed by atoms with Crippen molar-refractivity contribution < 1.29 is 0 Å². The lowest BCUT2D eigenvalue weighted by molar-refractivity contribution is 0.454. The summed E-state index contributed by atoms with van der Waals surface area (Å²) in [5.74, 6) is 1.29. The fourth-order valence-corrected chi connectivity index (χ4v) is 1.86. The van der Waals surface area contributed by atoms with E-state index in [4.69, 9.17) is 0 Å². The zero-order valence-corrected chi connectivity index (χ0v) is 10.3. The molecule has 1 atom stereocenters. The number of nitrogens with one attached hydrogen (secondary N) is 1. The Morgan fingerprint density at radius 3 is 2.54 bits per heavy atom. The summed E-state index contributed by atoms with van der Waals surface area (Å²) < 4.78 is 0. The van der Waals surface area contributed by atoms with Gasteiger partial charge in [-0.05, 0) is 37.8 Å². The predicted molar refractivity (Wildman–Crippen MR) is 64.6 cm³/mol. The summed E-state index contributed by atoms with van der Waals surface area (Å²) in [4.78, 5) is 0. The molecule has 80 valence electrons. The Balaban J connectivity index is 3.25. The van der Waals surface area contributed by atoms with Gasteiger partial charge in [-0.1, -0.05) is 26.7 Å². The molecule has 0 aliphatic carbocycles. The molecular weight excluding hydrogens is 178 g/mol. The van der Waals surface area contributed by atoms with Gasteiger partial charge in [0, 0.05) is 6.04 Å². The maximum atomic E-state index is 3.63. The molecule has 0 spiro atoms. The number of rotatable bonds is 9. The summed E-state index contributed by atoms with van der Waals surface area (Å²) in [6.45, 7) is 5.74. The Hall–Kier alpha value is 0.310. The van der Waals surface area contributed by atoms with Crippen LogP contribution in [0.5, 0.6) is 0 Å². The number of thioether (sulfide) groups is 1. The van der Waals surface area contributed by atoms with Gasteiger partial charge >= 0.3 is 0 Å². The van der Waals surface area contributed by atoms with Gasteiger partial charge in [0.1, 0.15) is 0 Å². The fraction of sp³-hybridized carbons (Fsp3) is 1.00. The highest BCUT2D eigenvalue weighted by atomic mass is 32.2. The minimum atomic E-state index is 0.766. The van der Waals surface area contributed by atoms with Gasteiger partial charge in [-0.3, -0.25) is 0 Å². The minimum absolute atomic E-state index is 0.766. The van der Waals surface area contributed by atoms with E-state index in [1.54, 1.807) is 0 Å². The molecule has 0 saturated heterocycles. The van der Waals surface area contributed by atoms with E-state index in [2.05, 4.69) is 25.4 Å². The molecule has 0 bridgehead atoms. The van der Waals surface area contributed by atoms with Crippen LogP contribution in [0.2, 0.25) is 0 Å². The van der Waals surface area contributed by atoms with Gasteiger partial charge in [0.2, 0.25) is 0 Å². The highest BCUT2D eigenvalue weighted by molar-refractivity contribution is 7.98. The van der Waals surface area contributed by atoms with Gasteiger partial charge in [0.15, 0.2) is 0 Å². The second-order valence-electron chi connectivity index (χ2n) is 3.55. The average Bonchev–Trinajstić information content (AvgIpc) is 2.17. The zero-order chi connectivity index (χ0) is 9.94. The van der Waals surface area contributed by atoms with Crippen molar-refractivity contribution in [2.24, 2.45) is 0 Å². The van der Waals surface area contributed by atoms with Crippen LogP contribution in [0.25, 0.3) is 0 Å². The first-order valence-electron chi connectivity index (χ1n) is 5.57. The summed E-state index contributed by atoms with van der Waals surface area (Å²) in [5.41, 5.74) is 0. The normalized spacial score (nSPS) is 13.2. The molecule has 0 aromatic rings. The van der Waals surface area contributed by atoms with E-state index >= 15 is 0 Å². The van der Waals surface area contributed by atoms with Crippen LogP contribution in [-0.2, 0) is 0 Å². The van der Waals surface area contributed by atoms with Crippen LogP contribution < -0.4 is 5.32 Å². The third kappa shape index (κ3) is 8.63. The summed E-state index contributed by atoms with van der Waals surface area (Å²) in [6.07, 6.45) is 8.81. The molecule has 0 aromatic carbocycles. The van der Waals surface area contributed by atoms with Gasteiger partial charge in [-0.25, -0.2) is 0 Å². The molecule has 0 fully saturated rings. The molecule has 0 amide bonds. The smallest absolute Gasteiger partial charge is 0.00644 e. The average molecular weight is 203 g/mol. The maximum Gasteiger partial charge on any atom is 0.00644 e. The molecule has 1 N–H and O–H groups in total. The van der Waals surface area contributed by atoms with Crippen molar-refractivity contribution >= 4 is 11.8 Å². The zero-order valence-electron chi connectivity index (χ0n) is 9.44. The van der Waals surface area contributed by atoms with E-state index in [0.717, 1.165) is 6.04 Å². The Kier molecular flexibility index (Phi) is 10.6. The molecule has 0 aliphatic heterocycles. The molecular formula is C11H25NS. The van der Waals surface area contributed by atoms with Crippen LogP contribution in [0.1, 0.15) is 46.0 Å². The molecule has 0 aromatic heterocycles. The third-order valence-corrected chi connectivity index (χ3v) is 3.05. The van der Waals surface area contributed by atoms with E-state index in [1.165, 1.54) is 44.4 Å². The standard InChI is InChI=1S/C11H25NS/c1-4-6-8-11(5-2)12-9-7-10-13-3/h11-12H,4-10H2,1-3H3. The van der Waals surface area contributed by atoms with Crippen molar-refractivity contribution in [1.29, 1.82) is 0 Å². The first-order chi connectivity index (χ1) is 6.35. The highest BCUT2D eigenvalue weighted by Gasteiger charge is 2.02. The first kappa shape index (κ1) is 13.3. The van der Waals surface area contributed by atoms with E-state index in [-0.39, 0.29) is 0 Å². The second-order valence-corrected chi connectivity index (χ2v) is 4.53. The van der Waals surface area contributed by atoms with Crippen LogP contribution in [0.3, 0.4) is 0 Å². The summed E-state index contributed by atoms with van der Waals surface area (Å²) in [6, 6.07) is 0.766. The first-order valence-corrected chi connectivity index (χ1v) is 6.96. The lowest BCUT2D eigenvalue weighted by atomic mass is 10.1. The molecule has 13 heavy (non-hydrogen) atoms. The van der Waals surface area contributed by atoms with Crippen molar-refractivity contribution in [3.05, 3.63) is 0 Å². The second kappa shape index (κ2) is 10.4. The van der Waals surface area contributed by atoms with Crippen molar-refractivity contribution in [3.63, 3.8) is 0 Å². The number of hydrogen-bond donors (Lipinski definition) is 1. The van der Waals surface area contributed by atoms with E-state index in [1.807, 2.05) is 11.8 Å². The van der Waals surface area contributed by atoms with E-state index in [9.17, 15) is 0 Å². The number of hydrogen-bond acceptors (Lipinski definition) is 2. The summed E-state index contributed by atoms with van der Waals surface area (Å²) in [5, 5.41) is 3.63. The van der Waals surface area contributed by atoms with Gasteiger partial charge < -0.3 is 5.32 Å². The lowest BCUT2D eigenvalue weighted by Crippen LogP contribution is -2.29. The molecule has 0 aliphatic rings. The van der Waals surface area contributed by atoms with Crippen LogP contribution >= 0.6 is 11.8 Å². The van der Waals surface area contributed by atoms with Crippen molar-refractivity contribution in [3.8, 4) is 0 Å². The molecule has 1 unspecified atom stereocenters. The molecule has 2 heteroatoms. The topological polar surface area (TPSA) is 12.0 Å². The predicted octanol–water partition coefficient (Wildman–Crippen LogP) is 3.30. The summed E-state index contributed by atoms with van der Waals surface area (Å²) >= 11 is 1.94. The highest BCUT2D eigenvalue weighted by Crippen LogP contribution is 2.04. The Morgan fingerprint density at radius 2 is 2.00 bits per heavy atom. The third-order valence-electron chi connectivity index (χ3n) is 2.36. The van der Waals surface area contributed by atoms with Crippen LogP contribution in [-0.4, -0.2) is 24.6 Å². The Bertz CT molecular complexity index is 96.1. The number of unbranched alkanes of at least 4 members (excludes halogenated alkanes) is 1. The quantitative estimate of drug-likeness (QED) is 0.577. The molecule has 1 nitrogen and oxygen atoms in total. The van der Waals surface area contributed by atoms with E-state index < -0.39 is 0 Å². The van der Waals surface area contributed by atoms with Gasteiger partial charge in [-0.15, -0.1) is 0 Å². The van der Waals surface area contributed by atoms with Gasteiger partial charge in [0.25, 0.3) is 0 Å². The molecule has 0 rings (SSSR count). The summed E-state index contributed by atoms with van der Waals surface area (Å²) in [7, 11) is 0. The van der Waals surface area contributed by atoms with Gasteiger partial charge in [0.05, 0.1) is 0 Å². The van der Waals surface area contributed by atoms with Crippen molar-refractivity contribution in [1.82, 2.24) is 5.32 Å². The Labute approximate surface area is 88.1 Å². The monoisotopic (exact) mass is 203 g/mol. The largest absolute Gasteiger partial charge is 0.314 e. The van der Waals surface area contributed by atoms with Crippen LogP contribution in [0.4, 0.5) is 0 Å². The lowest BCUT2D eigenvalue weighted by Gasteiger charge is -2.16. The van der Waals surface area contributed by atoms with Gasteiger partial charge in [-0.2, -0.15) is 11.8 Å². The Morgan fingerprint density at radius 1 is 1.23 bits per heavy atom. The minimum Gasteiger partial charge on any atom is -0.314 e. The van der Waals surface area contributed by atoms with E-state index in [0.29, 0.717) is 0 Å². The fourth-order valence-electron chi connectivity index (χ4n) is 1.42. The molecule has 0 saturated carbocycles. The van der Waals surface area contributed by atoms with Crippen molar-refractivity contribution in [2.75, 3.05) is 18.6 Å². The molecule has 0 radical (unpaired) electrons. The maximum absolute atomic E-state index is 3.63. The molecule has 0 heterocycles.